The van der Waals surface area contributed by atoms with Crippen molar-refractivity contribution >= 4 is 12.1 Å². The number of methoxy groups -OCH3 is 3. The van der Waals surface area contributed by atoms with Gasteiger partial charge in [0.2, 0.25) is 0 Å². The summed E-state index contributed by atoms with van der Waals surface area (Å²) in [5, 5.41) is 13.6. The molecule has 0 atom stereocenters. The summed E-state index contributed by atoms with van der Waals surface area (Å²) in [4.78, 5) is 12.2. The van der Waals surface area contributed by atoms with Crippen LogP contribution in [0.4, 0.5) is 0 Å². The SMILES string of the molecule is COc1cc(OC)cc(C(=O)N/N=C/c2cc(OC)ccc2O)c1. The van der Waals surface area contributed by atoms with Gasteiger partial charge in [-0.15, -0.1) is 0 Å². The molecule has 7 heteroatoms. The number of hydrogen-bond donors (Lipinski definition) is 2. The van der Waals surface area contributed by atoms with Crippen LogP contribution in [0.3, 0.4) is 0 Å². The minimum atomic E-state index is -0.439. The molecule has 7 nitrogen and oxygen atoms in total. The van der Waals surface area contributed by atoms with E-state index in [1.54, 1.807) is 30.3 Å². The fraction of sp³-hybridized carbons (Fsp3) is 0.176. The number of nitrogens with one attached hydrogen (secondary N) is 1. The highest BCUT2D eigenvalue weighted by Crippen LogP contribution is 2.23. The maximum absolute atomic E-state index is 12.2. The summed E-state index contributed by atoms with van der Waals surface area (Å²) in [6, 6.07) is 9.49. The number of phenols is 1. The van der Waals surface area contributed by atoms with E-state index in [9.17, 15) is 9.90 Å². The summed E-state index contributed by atoms with van der Waals surface area (Å²) >= 11 is 0. The molecular weight excluding hydrogens is 312 g/mol. The highest BCUT2D eigenvalue weighted by Gasteiger charge is 2.09. The van der Waals surface area contributed by atoms with E-state index < -0.39 is 5.91 Å². The lowest BCUT2D eigenvalue weighted by atomic mass is 10.2. The third-order valence-electron chi connectivity index (χ3n) is 3.22. The van der Waals surface area contributed by atoms with Crippen LogP contribution in [-0.4, -0.2) is 38.6 Å². The molecule has 0 fully saturated rings. The van der Waals surface area contributed by atoms with Crippen molar-refractivity contribution in [2.75, 3.05) is 21.3 Å². The number of hydrogen-bond acceptors (Lipinski definition) is 6. The van der Waals surface area contributed by atoms with E-state index in [0.717, 1.165) is 0 Å². The average Bonchev–Trinajstić information content (AvgIpc) is 2.62. The molecule has 0 aliphatic rings. The summed E-state index contributed by atoms with van der Waals surface area (Å²) in [5.41, 5.74) is 3.13. The lowest BCUT2D eigenvalue weighted by molar-refractivity contribution is 0.0954. The van der Waals surface area contributed by atoms with E-state index >= 15 is 0 Å². The topological polar surface area (TPSA) is 89.4 Å². The zero-order valence-electron chi connectivity index (χ0n) is 13.6. The number of nitrogens with zero attached hydrogens (tertiary/aromatic N) is 1. The maximum Gasteiger partial charge on any atom is 0.271 e. The van der Waals surface area contributed by atoms with Gasteiger partial charge in [-0.2, -0.15) is 5.10 Å². The zero-order chi connectivity index (χ0) is 17.5. The summed E-state index contributed by atoms with van der Waals surface area (Å²) in [7, 11) is 4.52. The molecule has 0 aliphatic heterocycles. The molecular formula is C17H18N2O5. The molecule has 126 valence electrons. The van der Waals surface area contributed by atoms with Crippen LogP contribution in [0.25, 0.3) is 0 Å². The number of aromatic hydroxyl groups is 1. The number of ether oxygens (including phenoxy) is 3. The molecule has 0 aromatic heterocycles. The van der Waals surface area contributed by atoms with Gasteiger partial charge in [-0.3, -0.25) is 4.79 Å². The Balaban J connectivity index is 2.13. The summed E-state index contributed by atoms with van der Waals surface area (Å²) in [5.74, 6) is 1.14. The molecule has 24 heavy (non-hydrogen) atoms. The zero-order valence-corrected chi connectivity index (χ0v) is 13.6. The molecule has 0 aliphatic carbocycles. The normalized spacial score (nSPS) is 10.5. The highest BCUT2D eigenvalue weighted by molar-refractivity contribution is 5.96. The number of rotatable bonds is 6. The van der Waals surface area contributed by atoms with Crippen molar-refractivity contribution in [1.82, 2.24) is 5.43 Å². The third-order valence-corrected chi connectivity index (χ3v) is 3.22. The second-order valence-electron chi connectivity index (χ2n) is 4.73. The molecule has 0 radical (unpaired) electrons. The Labute approximate surface area is 139 Å². The van der Waals surface area contributed by atoms with Gasteiger partial charge < -0.3 is 19.3 Å². The van der Waals surface area contributed by atoms with E-state index in [1.165, 1.54) is 33.6 Å². The van der Waals surface area contributed by atoms with Gasteiger partial charge in [-0.25, -0.2) is 5.43 Å². The summed E-state index contributed by atoms with van der Waals surface area (Å²) in [6.45, 7) is 0. The average molecular weight is 330 g/mol. The standard InChI is InChI=1S/C17H18N2O5/c1-22-13-4-5-16(20)12(8-13)10-18-19-17(21)11-6-14(23-2)9-15(7-11)24-3/h4-10,20H,1-3H3,(H,19,21)/b18-10+. The van der Waals surface area contributed by atoms with E-state index in [-0.39, 0.29) is 5.75 Å². The Hall–Kier alpha value is -3.22. The number of benzene rings is 2. The van der Waals surface area contributed by atoms with Crippen LogP contribution in [0.1, 0.15) is 15.9 Å². The Bertz CT molecular complexity index is 736. The van der Waals surface area contributed by atoms with Gasteiger partial charge in [0.15, 0.2) is 0 Å². The number of carbonyl (C=O) groups is 1. The monoisotopic (exact) mass is 330 g/mol. The maximum atomic E-state index is 12.2. The number of carbonyl (C=O) groups excluding carboxylic acids is 1. The van der Waals surface area contributed by atoms with Crippen molar-refractivity contribution < 1.29 is 24.1 Å². The first-order valence-corrected chi connectivity index (χ1v) is 7.01. The highest BCUT2D eigenvalue weighted by atomic mass is 16.5. The Morgan fingerprint density at radius 3 is 2.21 bits per heavy atom. The van der Waals surface area contributed by atoms with Crippen molar-refractivity contribution in [2.45, 2.75) is 0 Å². The Morgan fingerprint density at radius 2 is 1.62 bits per heavy atom. The van der Waals surface area contributed by atoms with Crippen LogP contribution in [0.5, 0.6) is 23.0 Å². The quantitative estimate of drug-likeness (QED) is 0.626. The molecule has 0 saturated heterocycles. The molecule has 2 rings (SSSR count). The molecule has 2 N–H and O–H groups in total. The fourth-order valence-electron chi connectivity index (χ4n) is 1.93. The predicted octanol–water partition coefficient (Wildman–Crippen LogP) is 2.18. The molecule has 2 aromatic rings. The summed E-state index contributed by atoms with van der Waals surface area (Å²) < 4.78 is 15.3. The smallest absolute Gasteiger partial charge is 0.271 e. The fourth-order valence-corrected chi connectivity index (χ4v) is 1.93. The number of phenolic OH excluding ortho intramolecular Hbond substituents is 1. The predicted molar refractivity (Wildman–Crippen MR) is 89.3 cm³/mol. The van der Waals surface area contributed by atoms with Gasteiger partial charge in [0.05, 0.1) is 27.5 Å². The van der Waals surface area contributed by atoms with Gasteiger partial charge >= 0.3 is 0 Å². The minimum absolute atomic E-state index is 0.0249. The van der Waals surface area contributed by atoms with Crippen LogP contribution in [0, 0.1) is 0 Å². The van der Waals surface area contributed by atoms with Gasteiger partial charge in [-0.05, 0) is 30.3 Å². The van der Waals surface area contributed by atoms with E-state index in [4.69, 9.17) is 14.2 Å². The van der Waals surface area contributed by atoms with E-state index in [0.29, 0.717) is 28.4 Å². The molecule has 2 aromatic carbocycles. The minimum Gasteiger partial charge on any atom is -0.507 e. The van der Waals surface area contributed by atoms with Crippen LogP contribution in [0.2, 0.25) is 0 Å². The first kappa shape index (κ1) is 17.1. The van der Waals surface area contributed by atoms with Gasteiger partial charge in [0.1, 0.15) is 23.0 Å². The number of hydrazone groups is 1. The van der Waals surface area contributed by atoms with Crippen LogP contribution in [-0.2, 0) is 0 Å². The lowest BCUT2D eigenvalue weighted by Crippen LogP contribution is -2.17. The molecule has 1 amide bonds. The molecule has 0 unspecified atom stereocenters. The van der Waals surface area contributed by atoms with Gasteiger partial charge in [0, 0.05) is 17.2 Å². The molecule has 0 spiro atoms. The Morgan fingerprint density at radius 1 is 1.00 bits per heavy atom. The van der Waals surface area contributed by atoms with Crippen LogP contribution >= 0.6 is 0 Å². The largest absolute Gasteiger partial charge is 0.507 e. The van der Waals surface area contributed by atoms with Crippen molar-refractivity contribution in [3.63, 3.8) is 0 Å². The molecule has 0 saturated carbocycles. The van der Waals surface area contributed by atoms with Crippen LogP contribution in [0.15, 0.2) is 41.5 Å². The van der Waals surface area contributed by atoms with Crippen molar-refractivity contribution in [3.05, 3.63) is 47.5 Å². The third kappa shape index (κ3) is 4.16. The van der Waals surface area contributed by atoms with E-state index in [2.05, 4.69) is 10.5 Å². The van der Waals surface area contributed by atoms with Crippen LogP contribution < -0.4 is 19.6 Å². The molecule has 0 heterocycles. The van der Waals surface area contributed by atoms with Crippen molar-refractivity contribution in [2.24, 2.45) is 5.10 Å². The summed E-state index contributed by atoms with van der Waals surface area (Å²) in [6.07, 6.45) is 1.33. The van der Waals surface area contributed by atoms with E-state index in [1.807, 2.05) is 0 Å². The van der Waals surface area contributed by atoms with Gasteiger partial charge in [0.25, 0.3) is 5.91 Å². The van der Waals surface area contributed by atoms with Crippen molar-refractivity contribution in [3.8, 4) is 23.0 Å². The van der Waals surface area contributed by atoms with Crippen molar-refractivity contribution in [1.29, 1.82) is 0 Å². The lowest BCUT2D eigenvalue weighted by Gasteiger charge is -2.07. The Kier molecular flexibility index (Phi) is 5.62. The van der Waals surface area contributed by atoms with Gasteiger partial charge in [-0.1, -0.05) is 0 Å². The first-order chi connectivity index (χ1) is 11.6. The first-order valence-electron chi connectivity index (χ1n) is 7.01. The second kappa shape index (κ2) is 7.87. The molecule has 0 bridgehead atoms. The second-order valence-corrected chi connectivity index (χ2v) is 4.73. The number of amides is 1.